The van der Waals surface area contributed by atoms with Gasteiger partial charge in [0.25, 0.3) is 11.8 Å². The number of rotatable bonds is 8. The van der Waals surface area contributed by atoms with Crippen LogP contribution >= 0.6 is 11.6 Å². The summed E-state index contributed by atoms with van der Waals surface area (Å²) in [5, 5.41) is 5.80. The lowest BCUT2D eigenvalue weighted by Crippen LogP contribution is -2.35. The van der Waals surface area contributed by atoms with Crippen molar-refractivity contribution < 1.29 is 9.59 Å². The van der Waals surface area contributed by atoms with Gasteiger partial charge in [-0.2, -0.15) is 0 Å². The second-order valence-corrected chi connectivity index (χ2v) is 6.43. The van der Waals surface area contributed by atoms with Crippen molar-refractivity contribution in [1.82, 2.24) is 25.2 Å². The predicted octanol–water partition coefficient (Wildman–Crippen LogP) is 2.84. The molecule has 144 valence electrons. The van der Waals surface area contributed by atoms with Crippen molar-refractivity contribution in [3.05, 3.63) is 83.3 Å². The number of halogens is 1. The zero-order valence-electron chi connectivity index (χ0n) is 15.1. The van der Waals surface area contributed by atoms with E-state index in [1.54, 1.807) is 55.1 Å². The molecule has 3 rings (SSSR count). The van der Waals surface area contributed by atoms with Crippen LogP contribution in [0.2, 0.25) is 5.02 Å². The quantitative estimate of drug-likeness (QED) is 0.403. The molecule has 0 saturated carbocycles. The van der Waals surface area contributed by atoms with Gasteiger partial charge >= 0.3 is 0 Å². The van der Waals surface area contributed by atoms with E-state index in [0.717, 1.165) is 13.0 Å². The number of aromatic amines is 1. The number of hydrogen-bond donors (Lipinski definition) is 3. The molecule has 3 N–H and O–H groups in total. The van der Waals surface area contributed by atoms with Crippen LogP contribution < -0.4 is 10.6 Å². The van der Waals surface area contributed by atoms with Gasteiger partial charge in [0.05, 0.1) is 16.9 Å². The molecule has 0 spiro atoms. The van der Waals surface area contributed by atoms with Gasteiger partial charge in [-0.1, -0.05) is 23.7 Å². The van der Waals surface area contributed by atoms with Crippen molar-refractivity contribution in [3.63, 3.8) is 0 Å². The van der Waals surface area contributed by atoms with Gasteiger partial charge in [-0.05, 0) is 36.8 Å². The van der Waals surface area contributed by atoms with Gasteiger partial charge in [0.2, 0.25) is 0 Å². The third-order valence-electron chi connectivity index (χ3n) is 3.97. The molecule has 0 bridgehead atoms. The van der Waals surface area contributed by atoms with E-state index in [4.69, 9.17) is 11.6 Å². The van der Waals surface area contributed by atoms with Crippen LogP contribution in [0.25, 0.3) is 6.08 Å². The number of carbonyl (C=O) groups is 2. The van der Waals surface area contributed by atoms with Crippen molar-refractivity contribution >= 4 is 29.5 Å². The molecule has 0 aliphatic rings. The summed E-state index contributed by atoms with van der Waals surface area (Å²) in [7, 11) is 0. The minimum Gasteiger partial charge on any atom is -0.362 e. The lowest BCUT2D eigenvalue weighted by atomic mass is 10.2. The second kappa shape index (κ2) is 9.57. The van der Waals surface area contributed by atoms with Crippen LogP contribution in [0.1, 0.15) is 22.5 Å². The number of aromatic nitrogens is 3. The number of benzene rings is 1. The molecule has 0 saturated heterocycles. The van der Waals surface area contributed by atoms with E-state index in [1.807, 2.05) is 16.8 Å². The molecule has 0 aliphatic heterocycles. The highest BCUT2D eigenvalue weighted by atomic mass is 35.5. The average Bonchev–Trinajstić information content (AvgIpc) is 3.39. The average molecular weight is 398 g/mol. The molecule has 2 heterocycles. The number of imidazole rings is 1. The monoisotopic (exact) mass is 397 g/mol. The molecule has 0 fully saturated rings. The number of hydrogen-bond acceptors (Lipinski definition) is 3. The molecular weight excluding hydrogens is 378 g/mol. The van der Waals surface area contributed by atoms with Crippen molar-refractivity contribution in [2.75, 3.05) is 6.54 Å². The number of nitrogens with zero attached hydrogens (tertiary/aromatic N) is 2. The smallest absolute Gasteiger partial charge is 0.267 e. The molecule has 0 atom stereocenters. The summed E-state index contributed by atoms with van der Waals surface area (Å²) in [5.74, 6) is -0.822. The Morgan fingerprint density at radius 1 is 1.21 bits per heavy atom. The fraction of sp³-hybridized carbons (Fsp3) is 0.150. The molecule has 0 aliphatic carbocycles. The van der Waals surface area contributed by atoms with E-state index in [2.05, 4.69) is 20.6 Å². The minimum atomic E-state index is -0.447. The first-order valence-electron chi connectivity index (χ1n) is 8.78. The van der Waals surface area contributed by atoms with Crippen LogP contribution in [-0.2, 0) is 11.3 Å². The standard InChI is InChI=1S/C20H20ClN5O2/c21-17-7-2-1-6-16(17)19(27)25-18(13-15-5-3-8-23-15)20(28)24-9-4-11-26-12-10-22-14-26/h1-3,5-8,10,12-14,23H,4,9,11H2,(H,24,28)(H,25,27). The van der Waals surface area contributed by atoms with Gasteiger partial charge in [0, 0.05) is 37.4 Å². The number of aryl methyl sites for hydroxylation is 1. The van der Waals surface area contributed by atoms with Crippen LogP contribution in [-0.4, -0.2) is 32.9 Å². The lowest BCUT2D eigenvalue weighted by molar-refractivity contribution is -0.117. The van der Waals surface area contributed by atoms with Gasteiger partial charge in [0.15, 0.2) is 0 Å². The Kier molecular flexibility index (Phi) is 6.64. The Hall–Kier alpha value is -3.32. The first-order valence-corrected chi connectivity index (χ1v) is 9.16. The van der Waals surface area contributed by atoms with Crippen molar-refractivity contribution in [2.45, 2.75) is 13.0 Å². The van der Waals surface area contributed by atoms with Gasteiger partial charge in [-0.3, -0.25) is 9.59 Å². The molecule has 1 aromatic carbocycles. The Labute approximate surface area is 167 Å². The molecule has 7 nitrogen and oxygen atoms in total. The molecule has 3 aromatic rings. The van der Waals surface area contributed by atoms with Gasteiger partial charge in [0.1, 0.15) is 5.70 Å². The Morgan fingerprint density at radius 3 is 2.79 bits per heavy atom. The maximum atomic E-state index is 12.6. The maximum absolute atomic E-state index is 12.6. The first-order chi connectivity index (χ1) is 13.6. The van der Waals surface area contributed by atoms with E-state index >= 15 is 0 Å². The van der Waals surface area contributed by atoms with Crippen molar-refractivity contribution in [1.29, 1.82) is 0 Å². The topological polar surface area (TPSA) is 91.8 Å². The summed E-state index contributed by atoms with van der Waals surface area (Å²) in [4.78, 5) is 32.1. The third-order valence-corrected chi connectivity index (χ3v) is 4.30. The fourth-order valence-corrected chi connectivity index (χ4v) is 2.78. The Bertz CT molecular complexity index is 949. The molecule has 8 heteroatoms. The van der Waals surface area contributed by atoms with Crippen molar-refractivity contribution in [2.24, 2.45) is 0 Å². The summed E-state index contributed by atoms with van der Waals surface area (Å²) in [6, 6.07) is 10.3. The van der Waals surface area contributed by atoms with Crippen molar-refractivity contribution in [3.8, 4) is 0 Å². The van der Waals surface area contributed by atoms with Gasteiger partial charge in [-0.15, -0.1) is 0 Å². The summed E-state index contributed by atoms with van der Waals surface area (Å²) in [6.07, 6.45) is 9.35. The van der Waals surface area contributed by atoms with Gasteiger partial charge < -0.3 is 20.2 Å². The molecule has 2 amide bonds. The van der Waals surface area contributed by atoms with E-state index < -0.39 is 5.91 Å². The van der Waals surface area contributed by atoms with Crippen LogP contribution in [0.5, 0.6) is 0 Å². The molecular formula is C20H20ClN5O2. The number of amides is 2. The van der Waals surface area contributed by atoms with Crippen LogP contribution in [0.4, 0.5) is 0 Å². The van der Waals surface area contributed by atoms with E-state index in [0.29, 0.717) is 22.8 Å². The van der Waals surface area contributed by atoms with E-state index in [-0.39, 0.29) is 11.6 Å². The lowest BCUT2D eigenvalue weighted by Gasteiger charge is -2.12. The second-order valence-electron chi connectivity index (χ2n) is 6.03. The molecule has 28 heavy (non-hydrogen) atoms. The number of H-pyrrole nitrogens is 1. The molecule has 0 unspecified atom stereocenters. The zero-order chi connectivity index (χ0) is 19.8. The molecule has 2 aromatic heterocycles. The number of carbonyl (C=O) groups excluding carboxylic acids is 2. The maximum Gasteiger partial charge on any atom is 0.267 e. The summed E-state index contributed by atoms with van der Waals surface area (Å²) < 4.78 is 1.93. The zero-order valence-corrected chi connectivity index (χ0v) is 15.8. The van der Waals surface area contributed by atoms with Crippen LogP contribution in [0, 0.1) is 0 Å². The fourth-order valence-electron chi connectivity index (χ4n) is 2.56. The highest BCUT2D eigenvalue weighted by molar-refractivity contribution is 6.34. The SMILES string of the molecule is O=C(NCCCn1ccnc1)C(=Cc1ccc[nH]1)NC(=O)c1ccccc1Cl. The highest BCUT2D eigenvalue weighted by Gasteiger charge is 2.16. The Balaban J connectivity index is 1.65. The van der Waals surface area contributed by atoms with Gasteiger partial charge in [-0.25, -0.2) is 4.98 Å². The summed E-state index contributed by atoms with van der Waals surface area (Å²) >= 11 is 6.08. The number of nitrogens with one attached hydrogen (secondary N) is 3. The predicted molar refractivity (Wildman–Crippen MR) is 108 cm³/mol. The normalized spacial score (nSPS) is 11.2. The molecule has 0 radical (unpaired) electrons. The summed E-state index contributed by atoms with van der Waals surface area (Å²) in [6.45, 7) is 1.20. The van der Waals surface area contributed by atoms with Crippen LogP contribution in [0.15, 0.2) is 67.0 Å². The summed E-state index contributed by atoms with van der Waals surface area (Å²) in [5.41, 5.74) is 1.13. The largest absolute Gasteiger partial charge is 0.362 e. The van der Waals surface area contributed by atoms with Crippen LogP contribution in [0.3, 0.4) is 0 Å². The Morgan fingerprint density at radius 2 is 2.07 bits per heavy atom. The van der Waals surface area contributed by atoms with E-state index in [9.17, 15) is 9.59 Å². The van der Waals surface area contributed by atoms with E-state index in [1.165, 1.54) is 0 Å². The minimum absolute atomic E-state index is 0.134. The highest BCUT2D eigenvalue weighted by Crippen LogP contribution is 2.15. The first kappa shape index (κ1) is 19.4. The third kappa shape index (κ3) is 5.34.